The fraction of sp³-hybridized carbons (Fsp3) is 0.800. The molecule has 0 spiro atoms. The molecule has 0 nitrogen and oxygen atoms in total. The minimum absolute atomic E-state index is 1.27. The maximum atomic E-state index is 2.24. The number of hydrogen-bond acceptors (Lipinski definition) is 1. The van der Waals surface area contributed by atoms with Crippen molar-refractivity contribution in [1.29, 1.82) is 0 Å². The van der Waals surface area contributed by atoms with Gasteiger partial charge in [-0.25, -0.2) is 0 Å². The summed E-state index contributed by atoms with van der Waals surface area (Å²) in [6.45, 7) is 8.86. The molecule has 0 saturated carbocycles. The smallest absolute Gasteiger partial charge is 0.00302 e. The van der Waals surface area contributed by atoms with Gasteiger partial charge in [-0.2, -0.15) is 11.8 Å². The summed E-state index contributed by atoms with van der Waals surface area (Å²) in [6.07, 6.45) is 2.57. The lowest BCUT2D eigenvalue weighted by molar-refractivity contribution is 1.05. The van der Waals surface area contributed by atoms with Gasteiger partial charge >= 0.3 is 0 Å². The molecule has 0 amide bonds. The Morgan fingerprint density at radius 2 is 1.73 bits per heavy atom. The fourth-order valence-corrected chi connectivity index (χ4v) is 1.66. The summed E-state index contributed by atoms with van der Waals surface area (Å²) in [5, 5.41) is 0. The minimum Gasteiger partial charge on any atom is -0.162 e. The van der Waals surface area contributed by atoms with Crippen LogP contribution in [0.2, 0.25) is 0 Å². The van der Waals surface area contributed by atoms with E-state index >= 15 is 0 Å². The van der Waals surface area contributed by atoms with Crippen molar-refractivity contribution in [2.24, 2.45) is 0 Å². The van der Waals surface area contributed by atoms with Crippen molar-refractivity contribution in [3.63, 3.8) is 0 Å². The zero-order valence-corrected chi connectivity index (χ0v) is 9.05. The van der Waals surface area contributed by atoms with Gasteiger partial charge in [-0.1, -0.05) is 18.1 Å². The van der Waals surface area contributed by atoms with Crippen molar-refractivity contribution in [2.45, 2.75) is 40.5 Å². The number of thioether (sulfide) groups is 1. The highest BCUT2D eigenvalue weighted by Gasteiger charge is 1.92. The molecule has 0 aliphatic rings. The number of allylic oxidation sites excluding steroid dienone is 2. The van der Waals surface area contributed by atoms with Crippen molar-refractivity contribution in [3.05, 3.63) is 11.1 Å². The molecule has 11 heavy (non-hydrogen) atoms. The molecule has 66 valence electrons. The average Bonchev–Trinajstić information content (AvgIpc) is 1.97. The monoisotopic (exact) mass is 172 g/mol. The van der Waals surface area contributed by atoms with Gasteiger partial charge < -0.3 is 0 Å². The molecule has 0 fully saturated rings. The van der Waals surface area contributed by atoms with E-state index in [1.807, 2.05) is 0 Å². The first-order chi connectivity index (χ1) is 5.18. The Balaban J connectivity index is 3.32. The van der Waals surface area contributed by atoms with Gasteiger partial charge in [0.05, 0.1) is 0 Å². The van der Waals surface area contributed by atoms with E-state index in [1.165, 1.54) is 29.9 Å². The molecule has 0 aromatic carbocycles. The highest BCUT2D eigenvalue weighted by molar-refractivity contribution is 7.99. The maximum Gasteiger partial charge on any atom is -0.00302 e. The Kier molecular flexibility index (Phi) is 6.83. The van der Waals surface area contributed by atoms with E-state index in [0.29, 0.717) is 0 Å². The van der Waals surface area contributed by atoms with E-state index in [4.69, 9.17) is 0 Å². The lowest BCUT2D eigenvalue weighted by Gasteiger charge is -2.02. The van der Waals surface area contributed by atoms with Crippen LogP contribution in [0.25, 0.3) is 0 Å². The first-order valence-electron chi connectivity index (χ1n) is 4.39. The molecule has 0 radical (unpaired) electrons. The zero-order valence-electron chi connectivity index (χ0n) is 8.24. The SMILES string of the molecule is CCCSCCC(C)=C(C)C. The Hall–Kier alpha value is 0.0900. The van der Waals surface area contributed by atoms with Crippen LogP contribution in [0.3, 0.4) is 0 Å². The second kappa shape index (κ2) is 6.78. The highest BCUT2D eigenvalue weighted by Crippen LogP contribution is 2.12. The molecule has 0 heterocycles. The maximum absolute atomic E-state index is 2.24. The topological polar surface area (TPSA) is 0 Å². The van der Waals surface area contributed by atoms with Gasteiger partial charge in [0.25, 0.3) is 0 Å². The van der Waals surface area contributed by atoms with Crippen LogP contribution >= 0.6 is 11.8 Å². The van der Waals surface area contributed by atoms with E-state index < -0.39 is 0 Å². The summed E-state index contributed by atoms with van der Waals surface area (Å²) >= 11 is 2.06. The summed E-state index contributed by atoms with van der Waals surface area (Å²) in [6, 6.07) is 0. The predicted molar refractivity (Wildman–Crippen MR) is 56.3 cm³/mol. The van der Waals surface area contributed by atoms with Gasteiger partial charge in [-0.15, -0.1) is 0 Å². The molecule has 0 rings (SSSR count). The van der Waals surface area contributed by atoms with Crippen molar-refractivity contribution < 1.29 is 0 Å². The van der Waals surface area contributed by atoms with Crippen LogP contribution in [0.1, 0.15) is 40.5 Å². The van der Waals surface area contributed by atoms with Crippen LogP contribution in [0.5, 0.6) is 0 Å². The summed E-state index contributed by atoms with van der Waals surface area (Å²) in [5.41, 5.74) is 3.05. The molecule has 0 saturated heterocycles. The molecule has 0 aromatic rings. The Morgan fingerprint density at radius 1 is 1.09 bits per heavy atom. The van der Waals surface area contributed by atoms with Gasteiger partial charge in [0.15, 0.2) is 0 Å². The summed E-state index contributed by atoms with van der Waals surface area (Å²) in [5.74, 6) is 2.61. The first kappa shape index (κ1) is 11.1. The summed E-state index contributed by atoms with van der Waals surface area (Å²) in [7, 11) is 0. The van der Waals surface area contributed by atoms with Gasteiger partial charge in [-0.3, -0.25) is 0 Å². The molecule has 0 unspecified atom stereocenters. The van der Waals surface area contributed by atoms with Gasteiger partial charge in [0, 0.05) is 0 Å². The third kappa shape index (κ3) is 6.49. The standard InChI is InChI=1S/C10H20S/c1-5-7-11-8-6-10(4)9(2)3/h5-8H2,1-4H3. The first-order valence-corrected chi connectivity index (χ1v) is 5.54. The lowest BCUT2D eigenvalue weighted by atomic mass is 10.1. The zero-order chi connectivity index (χ0) is 8.69. The molecular weight excluding hydrogens is 152 g/mol. The fourth-order valence-electron chi connectivity index (χ4n) is 0.722. The molecule has 0 aliphatic carbocycles. The number of rotatable bonds is 5. The second-order valence-electron chi connectivity index (χ2n) is 3.14. The Morgan fingerprint density at radius 3 is 2.18 bits per heavy atom. The predicted octanol–water partition coefficient (Wildman–Crippen LogP) is 3.88. The van der Waals surface area contributed by atoms with Crippen molar-refractivity contribution in [3.8, 4) is 0 Å². The van der Waals surface area contributed by atoms with Crippen molar-refractivity contribution in [1.82, 2.24) is 0 Å². The van der Waals surface area contributed by atoms with Crippen molar-refractivity contribution >= 4 is 11.8 Å². The van der Waals surface area contributed by atoms with Crippen LogP contribution in [0.15, 0.2) is 11.1 Å². The van der Waals surface area contributed by atoms with Crippen LogP contribution in [-0.4, -0.2) is 11.5 Å². The van der Waals surface area contributed by atoms with Crippen LogP contribution in [0, 0.1) is 0 Å². The van der Waals surface area contributed by atoms with E-state index in [2.05, 4.69) is 39.5 Å². The summed E-state index contributed by atoms with van der Waals surface area (Å²) < 4.78 is 0. The molecule has 0 N–H and O–H groups in total. The van der Waals surface area contributed by atoms with Gasteiger partial charge in [0.1, 0.15) is 0 Å². The van der Waals surface area contributed by atoms with E-state index in [-0.39, 0.29) is 0 Å². The van der Waals surface area contributed by atoms with Crippen LogP contribution in [-0.2, 0) is 0 Å². The van der Waals surface area contributed by atoms with Gasteiger partial charge in [0.2, 0.25) is 0 Å². The summed E-state index contributed by atoms with van der Waals surface area (Å²) in [4.78, 5) is 0. The lowest BCUT2D eigenvalue weighted by Crippen LogP contribution is -1.86. The normalized spacial score (nSPS) is 9.82. The van der Waals surface area contributed by atoms with Crippen LogP contribution < -0.4 is 0 Å². The quantitative estimate of drug-likeness (QED) is 0.448. The highest BCUT2D eigenvalue weighted by atomic mass is 32.2. The van der Waals surface area contributed by atoms with Crippen LogP contribution in [0.4, 0.5) is 0 Å². The largest absolute Gasteiger partial charge is 0.162 e. The Labute approximate surface area is 75.5 Å². The molecule has 0 aromatic heterocycles. The van der Waals surface area contributed by atoms with E-state index in [9.17, 15) is 0 Å². The molecular formula is C10H20S. The van der Waals surface area contributed by atoms with Gasteiger partial charge in [-0.05, 0) is 45.1 Å². The Bertz CT molecular complexity index is 121. The van der Waals surface area contributed by atoms with E-state index in [1.54, 1.807) is 5.57 Å². The third-order valence-corrected chi connectivity index (χ3v) is 3.01. The number of hydrogen-bond donors (Lipinski definition) is 0. The molecule has 1 heteroatoms. The molecule has 0 aliphatic heterocycles. The molecule has 0 atom stereocenters. The average molecular weight is 172 g/mol. The second-order valence-corrected chi connectivity index (χ2v) is 4.37. The molecule has 0 bridgehead atoms. The minimum atomic E-state index is 1.27. The third-order valence-electron chi connectivity index (χ3n) is 1.82. The van der Waals surface area contributed by atoms with Crippen molar-refractivity contribution in [2.75, 3.05) is 11.5 Å². The van der Waals surface area contributed by atoms with E-state index in [0.717, 1.165) is 0 Å².